The number of esters is 3. The summed E-state index contributed by atoms with van der Waals surface area (Å²) in [6, 6.07) is 0. The molecule has 1 atom stereocenters. The molecule has 478 valence electrons. The van der Waals surface area contributed by atoms with E-state index >= 15 is 0 Å². The van der Waals surface area contributed by atoms with E-state index in [0.717, 1.165) is 116 Å². The molecule has 0 aliphatic heterocycles. The van der Waals surface area contributed by atoms with Crippen molar-refractivity contribution < 1.29 is 28.6 Å². The van der Waals surface area contributed by atoms with Gasteiger partial charge in [0.15, 0.2) is 6.10 Å². The third-order valence-corrected chi connectivity index (χ3v) is 15.6. The Hall–Kier alpha value is -3.67. The molecule has 0 amide bonds. The van der Waals surface area contributed by atoms with Crippen molar-refractivity contribution in [2.45, 2.75) is 361 Å². The van der Waals surface area contributed by atoms with Crippen LogP contribution in [0.3, 0.4) is 0 Å². The van der Waals surface area contributed by atoms with Crippen molar-refractivity contribution in [1.29, 1.82) is 0 Å². The molecule has 1 unspecified atom stereocenters. The lowest BCUT2D eigenvalue weighted by Crippen LogP contribution is -2.30. The molecule has 0 N–H and O–H groups in total. The van der Waals surface area contributed by atoms with Crippen LogP contribution in [-0.2, 0) is 28.6 Å². The highest BCUT2D eigenvalue weighted by Gasteiger charge is 2.19. The topological polar surface area (TPSA) is 78.9 Å². The minimum atomic E-state index is -0.778. The van der Waals surface area contributed by atoms with Crippen molar-refractivity contribution in [1.82, 2.24) is 0 Å². The zero-order valence-corrected chi connectivity index (χ0v) is 54.9. The zero-order chi connectivity index (χ0) is 59.9. The summed E-state index contributed by atoms with van der Waals surface area (Å²) in [6.45, 7) is 6.56. The summed E-state index contributed by atoms with van der Waals surface area (Å²) in [5, 5.41) is 0. The predicted octanol–water partition coefficient (Wildman–Crippen LogP) is 24.8. The maximum Gasteiger partial charge on any atom is 0.306 e. The maximum atomic E-state index is 12.9. The maximum absolute atomic E-state index is 12.9. The molecule has 0 aromatic heterocycles. The van der Waals surface area contributed by atoms with Crippen LogP contribution in [0.25, 0.3) is 0 Å². The number of hydrogen-bond acceptors (Lipinski definition) is 6. The highest BCUT2D eigenvalue weighted by atomic mass is 16.6. The zero-order valence-electron chi connectivity index (χ0n) is 54.9. The molecule has 0 aliphatic rings. The van der Waals surface area contributed by atoms with E-state index in [9.17, 15) is 14.4 Å². The average molecular weight is 1160 g/mol. The summed E-state index contributed by atoms with van der Waals surface area (Å²) in [5.74, 6) is -0.865. The first-order chi connectivity index (χ1) is 41.0. The van der Waals surface area contributed by atoms with Crippen LogP contribution >= 0.6 is 0 Å². The first kappa shape index (κ1) is 79.3. The monoisotopic (exact) mass is 1160 g/mol. The van der Waals surface area contributed by atoms with Crippen LogP contribution < -0.4 is 0 Å². The number of hydrogen-bond donors (Lipinski definition) is 0. The Balaban J connectivity index is 4.22. The largest absolute Gasteiger partial charge is 0.462 e. The van der Waals surface area contributed by atoms with Gasteiger partial charge in [0.25, 0.3) is 0 Å². The van der Waals surface area contributed by atoms with Gasteiger partial charge in [0.05, 0.1) is 0 Å². The number of allylic oxidation sites excluding steroid dienone is 16. The lowest BCUT2D eigenvalue weighted by Gasteiger charge is -2.18. The van der Waals surface area contributed by atoms with Gasteiger partial charge in [-0.3, -0.25) is 14.4 Å². The van der Waals surface area contributed by atoms with Gasteiger partial charge in [-0.15, -0.1) is 0 Å². The predicted molar refractivity (Wildman–Crippen MR) is 362 cm³/mol. The van der Waals surface area contributed by atoms with Crippen molar-refractivity contribution in [3.63, 3.8) is 0 Å². The molecular weight excluding hydrogens is 1020 g/mol. The Labute approximate surface area is 515 Å². The lowest BCUT2D eigenvalue weighted by atomic mass is 10.0. The highest BCUT2D eigenvalue weighted by Crippen LogP contribution is 2.18. The van der Waals surface area contributed by atoms with Gasteiger partial charge in [0.1, 0.15) is 13.2 Å². The second-order valence-corrected chi connectivity index (χ2v) is 23.8. The molecular formula is C77H134O6. The number of rotatable bonds is 65. The van der Waals surface area contributed by atoms with E-state index in [0.29, 0.717) is 19.3 Å². The Morgan fingerprint density at radius 3 is 0.735 bits per heavy atom. The van der Waals surface area contributed by atoms with Crippen LogP contribution in [0.5, 0.6) is 0 Å². The molecule has 0 aromatic rings. The lowest BCUT2D eigenvalue weighted by molar-refractivity contribution is -0.167. The summed E-state index contributed by atoms with van der Waals surface area (Å²) in [6.07, 6.45) is 95.8. The molecule has 0 saturated carbocycles. The fourth-order valence-corrected chi connectivity index (χ4v) is 10.3. The van der Waals surface area contributed by atoms with Crippen LogP contribution in [0.15, 0.2) is 97.2 Å². The Bertz CT molecular complexity index is 1610. The third kappa shape index (κ3) is 69.0. The number of unbranched alkanes of at least 4 members (excludes halogenated alkanes) is 38. The van der Waals surface area contributed by atoms with Gasteiger partial charge in [0.2, 0.25) is 0 Å². The Morgan fingerprint density at radius 1 is 0.253 bits per heavy atom. The van der Waals surface area contributed by atoms with E-state index in [1.54, 1.807) is 0 Å². The molecule has 83 heavy (non-hydrogen) atoms. The molecule has 0 aliphatic carbocycles. The van der Waals surface area contributed by atoms with Crippen LogP contribution in [0.4, 0.5) is 0 Å². The normalized spacial score (nSPS) is 12.7. The second kappa shape index (κ2) is 70.8. The molecule has 0 saturated heterocycles. The molecule has 0 rings (SSSR count). The molecule has 0 heterocycles. The minimum Gasteiger partial charge on any atom is -0.462 e. The van der Waals surface area contributed by atoms with Gasteiger partial charge in [-0.05, 0) is 83.5 Å². The molecule has 0 bridgehead atoms. The molecule has 6 heteroatoms. The second-order valence-electron chi connectivity index (χ2n) is 23.8. The SMILES string of the molecule is CC/C=C\C/C=C\C/C=C\C/C=C\C/C=C\C/C=C\C/C=C\C/C=C\CCCCCCCCCCC(=O)OCC(COC(=O)CCCCCCCCCCCCC)OC(=O)CCCCCCCCCCCCCCCCCCCCCCC. The van der Waals surface area contributed by atoms with Crippen LogP contribution in [0, 0.1) is 0 Å². The van der Waals surface area contributed by atoms with E-state index in [1.807, 2.05) is 0 Å². The van der Waals surface area contributed by atoms with Crippen LogP contribution in [0.2, 0.25) is 0 Å². The van der Waals surface area contributed by atoms with Crippen molar-refractivity contribution in [3.8, 4) is 0 Å². The standard InChI is InChI=1S/C77H134O6/c1-4-7-10-13-16-19-22-24-26-28-30-32-33-34-35-36-37-38-39-40-41-42-43-45-46-48-50-52-55-58-61-64-67-70-76(79)82-73-74(72-81-75(78)69-66-63-60-57-54-21-18-15-12-9-6-3)83-77(80)71-68-65-62-59-56-53-51-49-47-44-31-29-27-25-23-20-17-14-11-8-5-2/h7,10,16,19,24,26,30,32,34-35,37-38,40-41,43,45,74H,4-6,8-9,11-15,17-18,20-23,25,27-29,31,33,36,39,42,44,46-73H2,1-3H3/b10-7-,19-16-,26-24-,32-30-,35-34-,38-37-,41-40-,45-43-. The summed E-state index contributed by atoms with van der Waals surface area (Å²) >= 11 is 0. The third-order valence-electron chi connectivity index (χ3n) is 15.6. The first-order valence-electron chi connectivity index (χ1n) is 35.7. The summed E-state index contributed by atoms with van der Waals surface area (Å²) < 4.78 is 17.0. The van der Waals surface area contributed by atoms with Crippen LogP contribution in [-0.4, -0.2) is 37.2 Å². The van der Waals surface area contributed by atoms with E-state index in [1.165, 1.54) is 199 Å². The van der Waals surface area contributed by atoms with E-state index in [2.05, 4.69) is 118 Å². The van der Waals surface area contributed by atoms with Gasteiger partial charge in [-0.1, -0.05) is 349 Å². The number of carbonyl (C=O) groups excluding carboxylic acids is 3. The van der Waals surface area contributed by atoms with Crippen molar-refractivity contribution in [3.05, 3.63) is 97.2 Å². The van der Waals surface area contributed by atoms with Crippen LogP contribution in [0.1, 0.15) is 355 Å². The number of ether oxygens (including phenoxy) is 3. The summed E-state index contributed by atoms with van der Waals surface area (Å²) in [5.41, 5.74) is 0. The quantitative estimate of drug-likeness (QED) is 0.0261. The van der Waals surface area contributed by atoms with Gasteiger partial charge >= 0.3 is 17.9 Å². The Morgan fingerprint density at radius 2 is 0.470 bits per heavy atom. The Kier molecular flexibility index (Phi) is 67.7. The fourth-order valence-electron chi connectivity index (χ4n) is 10.3. The molecule has 0 fully saturated rings. The van der Waals surface area contributed by atoms with Crippen molar-refractivity contribution >= 4 is 17.9 Å². The molecule has 0 spiro atoms. The van der Waals surface area contributed by atoms with Crippen molar-refractivity contribution in [2.24, 2.45) is 0 Å². The first-order valence-corrected chi connectivity index (χ1v) is 35.7. The summed E-state index contributed by atoms with van der Waals surface area (Å²) in [7, 11) is 0. The van der Waals surface area contributed by atoms with Gasteiger partial charge < -0.3 is 14.2 Å². The molecule has 0 radical (unpaired) electrons. The molecule has 6 nitrogen and oxygen atoms in total. The van der Waals surface area contributed by atoms with Gasteiger partial charge in [-0.2, -0.15) is 0 Å². The average Bonchev–Trinajstić information content (AvgIpc) is 3.48. The number of carbonyl (C=O) groups is 3. The summed E-state index contributed by atoms with van der Waals surface area (Å²) in [4.78, 5) is 38.4. The van der Waals surface area contributed by atoms with E-state index in [4.69, 9.17) is 14.2 Å². The van der Waals surface area contributed by atoms with E-state index in [-0.39, 0.29) is 31.1 Å². The fraction of sp³-hybridized carbons (Fsp3) is 0.753. The van der Waals surface area contributed by atoms with Crippen molar-refractivity contribution in [2.75, 3.05) is 13.2 Å². The van der Waals surface area contributed by atoms with Gasteiger partial charge in [0, 0.05) is 19.3 Å². The van der Waals surface area contributed by atoms with E-state index < -0.39 is 6.10 Å². The highest BCUT2D eigenvalue weighted by molar-refractivity contribution is 5.71. The smallest absolute Gasteiger partial charge is 0.306 e. The van der Waals surface area contributed by atoms with Gasteiger partial charge in [-0.25, -0.2) is 0 Å². The minimum absolute atomic E-state index is 0.0743. The molecule has 0 aromatic carbocycles.